The number of hydrogen-bond acceptors (Lipinski definition) is 3. The van der Waals surface area contributed by atoms with Crippen LogP contribution in [0, 0.1) is 6.92 Å². The van der Waals surface area contributed by atoms with Gasteiger partial charge in [0.2, 0.25) is 0 Å². The third-order valence-electron chi connectivity index (χ3n) is 4.09. The second-order valence-electron chi connectivity index (χ2n) is 5.79. The Hall–Kier alpha value is -2.07. The summed E-state index contributed by atoms with van der Waals surface area (Å²) in [6, 6.07) is 9.83. The number of rotatable bonds is 2. The van der Waals surface area contributed by atoms with Crippen molar-refractivity contribution in [2.75, 3.05) is 18.0 Å². The number of hydrogen-bond donors (Lipinski definition) is 1. The van der Waals surface area contributed by atoms with Gasteiger partial charge in [0, 0.05) is 29.4 Å². The molecule has 0 atom stereocenters. The molecule has 0 radical (unpaired) electrons. The molecule has 0 unspecified atom stereocenters. The lowest BCUT2D eigenvalue weighted by atomic mass is 10.2. The zero-order valence-electron chi connectivity index (χ0n) is 12.4. The van der Waals surface area contributed by atoms with E-state index in [0.717, 1.165) is 47.0 Å². The standard InChI is InChI=1S/C17H17ClN4/c1-11-9-14-16(19-11)20-15(12-5-4-6-13(18)10-12)21-17(14)22-7-2-3-8-22/h4-6,9-10H,2-3,7-8H2,1H3,(H,19,20,21). The molecule has 0 bridgehead atoms. The van der Waals surface area contributed by atoms with Gasteiger partial charge in [-0.3, -0.25) is 0 Å². The van der Waals surface area contributed by atoms with E-state index >= 15 is 0 Å². The van der Waals surface area contributed by atoms with Crippen molar-refractivity contribution in [2.45, 2.75) is 19.8 Å². The third-order valence-corrected chi connectivity index (χ3v) is 4.33. The minimum absolute atomic E-state index is 0.701. The molecule has 1 aliphatic rings. The third kappa shape index (κ3) is 2.33. The van der Waals surface area contributed by atoms with E-state index in [1.54, 1.807) is 0 Å². The first-order valence-corrected chi connectivity index (χ1v) is 7.97. The van der Waals surface area contributed by atoms with Crippen molar-refractivity contribution < 1.29 is 0 Å². The molecule has 1 saturated heterocycles. The summed E-state index contributed by atoms with van der Waals surface area (Å²) < 4.78 is 0. The molecule has 4 nitrogen and oxygen atoms in total. The molecule has 4 rings (SSSR count). The van der Waals surface area contributed by atoms with Gasteiger partial charge in [0.05, 0.1) is 5.39 Å². The van der Waals surface area contributed by atoms with Crippen molar-refractivity contribution >= 4 is 28.5 Å². The zero-order chi connectivity index (χ0) is 15.1. The highest BCUT2D eigenvalue weighted by Gasteiger charge is 2.19. The smallest absolute Gasteiger partial charge is 0.163 e. The molecule has 0 amide bonds. The Morgan fingerprint density at radius 3 is 2.73 bits per heavy atom. The number of aromatic amines is 1. The second kappa shape index (κ2) is 5.29. The van der Waals surface area contributed by atoms with Crippen LogP contribution in [0.1, 0.15) is 18.5 Å². The van der Waals surface area contributed by atoms with Gasteiger partial charge in [-0.1, -0.05) is 23.7 Å². The van der Waals surface area contributed by atoms with Crippen molar-refractivity contribution in [1.29, 1.82) is 0 Å². The lowest BCUT2D eigenvalue weighted by Crippen LogP contribution is -2.19. The average molecular weight is 313 g/mol. The van der Waals surface area contributed by atoms with Crippen molar-refractivity contribution in [3.8, 4) is 11.4 Å². The summed E-state index contributed by atoms with van der Waals surface area (Å²) in [5, 5.41) is 1.80. The number of anilines is 1. The fourth-order valence-electron chi connectivity index (χ4n) is 3.05. The van der Waals surface area contributed by atoms with Gasteiger partial charge in [-0.25, -0.2) is 9.97 Å². The molecule has 112 valence electrons. The van der Waals surface area contributed by atoms with E-state index in [2.05, 4.69) is 27.9 Å². The van der Waals surface area contributed by atoms with Gasteiger partial charge >= 0.3 is 0 Å². The Morgan fingerprint density at radius 2 is 1.95 bits per heavy atom. The van der Waals surface area contributed by atoms with Crippen LogP contribution < -0.4 is 4.90 Å². The Labute approximate surface area is 134 Å². The number of aromatic nitrogens is 3. The number of H-pyrrole nitrogens is 1. The van der Waals surface area contributed by atoms with Gasteiger partial charge in [0.1, 0.15) is 11.5 Å². The van der Waals surface area contributed by atoms with Gasteiger partial charge in [-0.05, 0) is 38.0 Å². The van der Waals surface area contributed by atoms with Crippen LogP contribution in [0.4, 0.5) is 5.82 Å². The largest absolute Gasteiger partial charge is 0.356 e. The van der Waals surface area contributed by atoms with E-state index in [1.807, 2.05) is 24.3 Å². The molecule has 3 heterocycles. The maximum Gasteiger partial charge on any atom is 0.163 e. The fourth-order valence-corrected chi connectivity index (χ4v) is 3.24. The number of halogens is 1. The van der Waals surface area contributed by atoms with Crippen LogP contribution in [0.3, 0.4) is 0 Å². The number of nitrogens with zero attached hydrogens (tertiary/aromatic N) is 3. The van der Waals surface area contributed by atoms with Crippen LogP contribution in [0.2, 0.25) is 5.02 Å². The van der Waals surface area contributed by atoms with E-state index in [-0.39, 0.29) is 0 Å². The second-order valence-corrected chi connectivity index (χ2v) is 6.23. The summed E-state index contributed by atoms with van der Waals surface area (Å²) in [4.78, 5) is 15.2. The van der Waals surface area contributed by atoms with Gasteiger partial charge < -0.3 is 9.88 Å². The Bertz CT molecular complexity index is 834. The monoisotopic (exact) mass is 312 g/mol. The number of fused-ring (bicyclic) bond motifs is 1. The first-order valence-electron chi connectivity index (χ1n) is 7.59. The summed E-state index contributed by atoms with van der Waals surface area (Å²) >= 11 is 6.11. The first-order chi connectivity index (χ1) is 10.7. The lowest BCUT2D eigenvalue weighted by Gasteiger charge is -2.18. The SMILES string of the molecule is Cc1cc2c(N3CCCC3)nc(-c3cccc(Cl)c3)nc2[nH]1. The summed E-state index contributed by atoms with van der Waals surface area (Å²) in [6.07, 6.45) is 2.45. The molecule has 1 N–H and O–H groups in total. The molecule has 1 aromatic carbocycles. The highest BCUT2D eigenvalue weighted by atomic mass is 35.5. The van der Waals surface area contributed by atoms with Gasteiger partial charge in [0.15, 0.2) is 5.82 Å². The molecule has 0 spiro atoms. The molecule has 3 aromatic rings. The summed E-state index contributed by atoms with van der Waals surface area (Å²) in [5.74, 6) is 1.75. The van der Waals surface area contributed by atoms with Crippen molar-refractivity contribution in [1.82, 2.24) is 15.0 Å². The van der Waals surface area contributed by atoms with E-state index < -0.39 is 0 Å². The van der Waals surface area contributed by atoms with Crippen molar-refractivity contribution in [3.05, 3.63) is 41.0 Å². The number of aryl methyl sites for hydroxylation is 1. The van der Waals surface area contributed by atoms with E-state index in [4.69, 9.17) is 16.6 Å². The topological polar surface area (TPSA) is 44.8 Å². The molecule has 22 heavy (non-hydrogen) atoms. The molecule has 1 aliphatic heterocycles. The zero-order valence-corrected chi connectivity index (χ0v) is 13.2. The van der Waals surface area contributed by atoms with Crippen LogP contribution >= 0.6 is 11.6 Å². The highest BCUT2D eigenvalue weighted by molar-refractivity contribution is 6.30. The predicted octanol–water partition coefficient (Wildman–Crippen LogP) is 4.19. The molecular weight excluding hydrogens is 296 g/mol. The average Bonchev–Trinajstić information content (AvgIpc) is 3.14. The highest BCUT2D eigenvalue weighted by Crippen LogP contribution is 2.30. The lowest BCUT2D eigenvalue weighted by molar-refractivity contribution is 0.941. The van der Waals surface area contributed by atoms with Gasteiger partial charge in [-0.15, -0.1) is 0 Å². The van der Waals surface area contributed by atoms with Crippen LogP contribution in [-0.2, 0) is 0 Å². The number of benzene rings is 1. The first kappa shape index (κ1) is 13.6. The Balaban J connectivity index is 1.92. The van der Waals surface area contributed by atoms with Crippen LogP contribution in [0.25, 0.3) is 22.4 Å². The Morgan fingerprint density at radius 1 is 1.14 bits per heavy atom. The summed E-state index contributed by atoms with van der Waals surface area (Å²) in [7, 11) is 0. The summed E-state index contributed by atoms with van der Waals surface area (Å²) in [6.45, 7) is 4.17. The minimum atomic E-state index is 0.701. The molecule has 0 aliphatic carbocycles. The van der Waals surface area contributed by atoms with E-state index in [9.17, 15) is 0 Å². The van der Waals surface area contributed by atoms with Crippen LogP contribution in [-0.4, -0.2) is 28.0 Å². The molecule has 2 aromatic heterocycles. The Kier molecular flexibility index (Phi) is 3.26. The fraction of sp³-hybridized carbons (Fsp3) is 0.294. The van der Waals surface area contributed by atoms with Crippen molar-refractivity contribution in [3.63, 3.8) is 0 Å². The minimum Gasteiger partial charge on any atom is -0.356 e. The van der Waals surface area contributed by atoms with Crippen LogP contribution in [0.5, 0.6) is 0 Å². The quantitative estimate of drug-likeness (QED) is 0.772. The van der Waals surface area contributed by atoms with E-state index in [1.165, 1.54) is 12.8 Å². The van der Waals surface area contributed by atoms with Crippen LogP contribution in [0.15, 0.2) is 30.3 Å². The number of nitrogens with one attached hydrogen (secondary N) is 1. The van der Waals surface area contributed by atoms with Gasteiger partial charge in [0.25, 0.3) is 0 Å². The predicted molar refractivity (Wildman–Crippen MR) is 90.5 cm³/mol. The summed E-state index contributed by atoms with van der Waals surface area (Å²) in [5.41, 5.74) is 2.94. The molecule has 1 fully saturated rings. The molecule has 0 saturated carbocycles. The maximum absolute atomic E-state index is 6.11. The molecular formula is C17H17ClN4. The van der Waals surface area contributed by atoms with Crippen molar-refractivity contribution in [2.24, 2.45) is 0 Å². The normalized spacial score (nSPS) is 14.9. The van der Waals surface area contributed by atoms with E-state index in [0.29, 0.717) is 5.02 Å². The van der Waals surface area contributed by atoms with Gasteiger partial charge in [-0.2, -0.15) is 0 Å². The molecule has 5 heteroatoms. The maximum atomic E-state index is 6.11.